The summed E-state index contributed by atoms with van der Waals surface area (Å²) in [7, 11) is 0. The van der Waals surface area contributed by atoms with Crippen molar-refractivity contribution in [2.24, 2.45) is 0 Å². The average Bonchev–Trinajstić information content (AvgIpc) is 3.19. The number of aryl methyl sites for hydroxylation is 1. The molecule has 3 heterocycles. The normalized spacial score (nSPS) is 11.5. The van der Waals surface area contributed by atoms with Crippen LogP contribution in [0, 0.1) is 6.92 Å². The Hall–Kier alpha value is -4.45. The van der Waals surface area contributed by atoms with Gasteiger partial charge in [-0.25, -0.2) is 4.79 Å². The lowest BCUT2D eigenvalue weighted by molar-refractivity contribution is 0.471. The molecule has 154 valence electrons. The number of hydrogen-bond donors (Lipinski definition) is 2. The fraction of sp³-hybridized carbons (Fsp3) is 0.0385. The number of fused-ring (bicyclic) bond motifs is 4. The first-order valence-electron chi connectivity index (χ1n) is 10.2. The molecular formula is C26H17N3O3. The number of H-pyrrole nitrogens is 1. The van der Waals surface area contributed by atoms with Crippen LogP contribution in [0.1, 0.15) is 5.56 Å². The Morgan fingerprint density at radius 2 is 1.69 bits per heavy atom. The molecule has 0 fully saturated rings. The summed E-state index contributed by atoms with van der Waals surface area (Å²) in [6.07, 6.45) is 3.25. The van der Waals surface area contributed by atoms with Crippen LogP contribution in [0.5, 0.6) is 5.75 Å². The third-order valence-electron chi connectivity index (χ3n) is 5.78. The van der Waals surface area contributed by atoms with Crippen molar-refractivity contribution >= 4 is 32.9 Å². The SMILES string of the molecule is Cc1ccc(-c2[nH]c3ccc4nccnc4c3c2-c2c(O)c3ccccc3oc2=O)cc1. The van der Waals surface area contributed by atoms with Gasteiger partial charge in [-0.05, 0) is 36.8 Å². The molecule has 6 rings (SSSR count). The highest BCUT2D eigenvalue weighted by molar-refractivity contribution is 6.16. The minimum atomic E-state index is -0.614. The molecule has 6 nitrogen and oxygen atoms in total. The highest BCUT2D eigenvalue weighted by Crippen LogP contribution is 2.44. The van der Waals surface area contributed by atoms with Crippen LogP contribution in [0.2, 0.25) is 0 Å². The van der Waals surface area contributed by atoms with Crippen molar-refractivity contribution < 1.29 is 9.52 Å². The molecule has 0 saturated heterocycles. The van der Waals surface area contributed by atoms with Gasteiger partial charge in [-0.1, -0.05) is 42.0 Å². The van der Waals surface area contributed by atoms with Crippen molar-refractivity contribution in [2.75, 3.05) is 0 Å². The predicted octanol–water partition coefficient (Wildman–Crippen LogP) is 5.57. The van der Waals surface area contributed by atoms with E-state index in [9.17, 15) is 9.90 Å². The number of aromatic amines is 1. The van der Waals surface area contributed by atoms with Crippen molar-refractivity contribution in [1.82, 2.24) is 15.0 Å². The van der Waals surface area contributed by atoms with Crippen LogP contribution < -0.4 is 5.63 Å². The molecule has 32 heavy (non-hydrogen) atoms. The van der Waals surface area contributed by atoms with Crippen molar-refractivity contribution in [3.05, 3.63) is 89.0 Å². The van der Waals surface area contributed by atoms with Gasteiger partial charge < -0.3 is 14.5 Å². The fourth-order valence-corrected chi connectivity index (χ4v) is 4.26. The van der Waals surface area contributed by atoms with Crippen LogP contribution in [0.15, 0.2) is 82.3 Å². The molecule has 0 spiro atoms. The van der Waals surface area contributed by atoms with E-state index in [4.69, 9.17) is 4.42 Å². The number of nitrogens with zero attached hydrogens (tertiary/aromatic N) is 2. The summed E-state index contributed by atoms with van der Waals surface area (Å²) < 4.78 is 5.60. The third-order valence-corrected chi connectivity index (χ3v) is 5.78. The Morgan fingerprint density at radius 3 is 2.53 bits per heavy atom. The number of rotatable bonds is 2. The molecule has 0 aliphatic carbocycles. The molecule has 0 atom stereocenters. The van der Waals surface area contributed by atoms with Crippen LogP contribution >= 0.6 is 0 Å². The van der Waals surface area contributed by atoms with Crippen LogP contribution in [0.3, 0.4) is 0 Å². The zero-order valence-corrected chi connectivity index (χ0v) is 17.1. The van der Waals surface area contributed by atoms with E-state index in [-0.39, 0.29) is 11.3 Å². The molecule has 0 unspecified atom stereocenters. The highest BCUT2D eigenvalue weighted by Gasteiger charge is 2.25. The molecule has 0 amide bonds. The summed E-state index contributed by atoms with van der Waals surface area (Å²) in [5.41, 5.74) is 5.20. The van der Waals surface area contributed by atoms with E-state index < -0.39 is 5.63 Å². The summed E-state index contributed by atoms with van der Waals surface area (Å²) in [5.74, 6) is -0.119. The second-order valence-electron chi connectivity index (χ2n) is 7.76. The molecule has 0 aliphatic heterocycles. The summed E-state index contributed by atoms with van der Waals surface area (Å²) in [6.45, 7) is 2.02. The Bertz CT molecular complexity index is 1710. The lowest BCUT2D eigenvalue weighted by atomic mass is 9.96. The van der Waals surface area contributed by atoms with Crippen LogP contribution in [0.25, 0.3) is 55.3 Å². The minimum absolute atomic E-state index is 0.101. The molecular weight excluding hydrogens is 402 g/mol. The smallest absolute Gasteiger partial charge is 0.348 e. The van der Waals surface area contributed by atoms with E-state index in [0.29, 0.717) is 38.6 Å². The fourth-order valence-electron chi connectivity index (χ4n) is 4.26. The van der Waals surface area contributed by atoms with Gasteiger partial charge in [0.05, 0.1) is 22.1 Å². The molecule has 2 N–H and O–H groups in total. The quantitative estimate of drug-likeness (QED) is 0.358. The van der Waals surface area contributed by atoms with Crippen molar-refractivity contribution in [2.45, 2.75) is 6.92 Å². The lowest BCUT2D eigenvalue weighted by Crippen LogP contribution is -2.04. The maximum atomic E-state index is 13.2. The molecule has 0 saturated carbocycles. The molecule has 6 heteroatoms. The zero-order chi connectivity index (χ0) is 21.8. The second kappa shape index (κ2) is 6.78. The monoisotopic (exact) mass is 419 g/mol. The van der Waals surface area contributed by atoms with Gasteiger partial charge in [0.15, 0.2) is 0 Å². The molecule has 3 aromatic heterocycles. The van der Waals surface area contributed by atoms with Gasteiger partial charge in [0.1, 0.15) is 16.9 Å². The Kier molecular flexibility index (Phi) is 3.89. The van der Waals surface area contributed by atoms with E-state index in [1.54, 1.807) is 36.7 Å². The van der Waals surface area contributed by atoms with Gasteiger partial charge in [-0.2, -0.15) is 0 Å². The molecule has 0 radical (unpaired) electrons. The highest BCUT2D eigenvalue weighted by atomic mass is 16.4. The number of hydrogen-bond acceptors (Lipinski definition) is 5. The first-order valence-corrected chi connectivity index (χ1v) is 10.2. The first-order chi connectivity index (χ1) is 15.6. The van der Waals surface area contributed by atoms with Crippen LogP contribution in [0.4, 0.5) is 0 Å². The van der Waals surface area contributed by atoms with Gasteiger partial charge in [0.25, 0.3) is 0 Å². The van der Waals surface area contributed by atoms with E-state index >= 15 is 0 Å². The van der Waals surface area contributed by atoms with Crippen LogP contribution in [-0.2, 0) is 0 Å². The lowest BCUT2D eigenvalue weighted by Gasteiger charge is -2.09. The largest absolute Gasteiger partial charge is 0.506 e. The number of para-hydroxylation sites is 1. The summed E-state index contributed by atoms with van der Waals surface area (Å²) >= 11 is 0. The maximum absolute atomic E-state index is 13.2. The van der Waals surface area contributed by atoms with Gasteiger partial charge in [-0.3, -0.25) is 9.97 Å². The minimum Gasteiger partial charge on any atom is -0.506 e. The number of aromatic nitrogens is 3. The van der Waals surface area contributed by atoms with E-state index in [1.807, 2.05) is 43.3 Å². The van der Waals surface area contributed by atoms with E-state index in [0.717, 1.165) is 16.6 Å². The maximum Gasteiger partial charge on any atom is 0.348 e. The third kappa shape index (κ3) is 2.63. The van der Waals surface area contributed by atoms with E-state index in [1.165, 1.54) is 0 Å². The standard InChI is InChI=1S/C26H17N3O3/c1-14-6-8-15(9-7-14)23-21(20-17(29-23)10-11-18-24(20)28-13-12-27-18)22-25(30)16-4-2-3-5-19(16)32-26(22)31/h2-13,29-30H,1H3. The molecule has 0 aliphatic rings. The average molecular weight is 419 g/mol. The second-order valence-corrected chi connectivity index (χ2v) is 7.76. The number of aromatic hydroxyl groups is 1. The molecule has 6 aromatic rings. The van der Waals surface area contributed by atoms with Crippen molar-refractivity contribution in [3.63, 3.8) is 0 Å². The number of benzene rings is 3. The van der Waals surface area contributed by atoms with Crippen molar-refractivity contribution in [3.8, 4) is 28.1 Å². The topological polar surface area (TPSA) is 92.0 Å². The van der Waals surface area contributed by atoms with Gasteiger partial charge in [-0.15, -0.1) is 0 Å². The summed E-state index contributed by atoms with van der Waals surface area (Å²) in [5, 5.41) is 12.4. The van der Waals surface area contributed by atoms with E-state index in [2.05, 4.69) is 15.0 Å². The Labute approximate surface area is 181 Å². The predicted molar refractivity (Wildman–Crippen MR) is 125 cm³/mol. The zero-order valence-electron chi connectivity index (χ0n) is 17.1. The molecule has 3 aromatic carbocycles. The van der Waals surface area contributed by atoms with Gasteiger partial charge >= 0.3 is 5.63 Å². The van der Waals surface area contributed by atoms with Crippen LogP contribution in [-0.4, -0.2) is 20.1 Å². The Balaban J connectivity index is 1.83. The summed E-state index contributed by atoms with van der Waals surface area (Å²) in [6, 6.07) is 18.7. The summed E-state index contributed by atoms with van der Waals surface area (Å²) in [4.78, 5) is 25.6. The van der Waals surface area contributed by atoms with Crippen molar-refractivity contribution in [1.29, 1.82) is 0 Å². The Morgan fingerprint density at radius 1 is 0.906 bits per heavy atom. The van der Waals surface area contributed by atoms with Gasteiger partial charge in [0.2, 0.25) is 0 Å². The first kappa shape index (κ1) is 18.3. The number of nitrogens with one attached hydrogen (secondary N) is 1. The molecule has 0 bridgehead atoms. The van der Waals surface area contributed by atoms with Gasteiger partial charge in [0, 0.05) is 28.9 Å².